The van der Waals surface area contributed by atoms with Gasteiger partial charge in [-0.25, -0.2) is 13.4 Å². The first kappa shape index (κ1) is 15.6. The molecule has 0 saturated heterocycles. The van der Waals surface area contributed by atoms with Gasteiger partial charge in [0.05, 0.1) is 12.0 Å². The minimum absolute atomic E-state index is 0.156. The molecule has 1 aromatic heterocycles. The Morgan fingerprint density at radius 2 is 1.95 bits per heavy atom. The van der Waals surface area contributed by atoms with Crippen LogP contribution in [0.5, 0.6) is 5.88 Å². The molecule has 7 heteroatoms. The van der Waals surface area contributed by atoms with E-state index in [1.807, 2.05) is 0 Å². The quantitative estimate of drug-likeness (QED) is 0.866. The van der Waals surface area contributed by atoms with Crippen LogP contribution >= 0.6 is 11.6 Å². The molecular weight excluding hydrogens is 312 g/mol. The second-order valence-corrected chi connectivity index (χ2v) is 6.71. The third-order valence-electron chi connectivity index (χ3n) is 3.14. The van der Waals surface area contributed by atoms with Crippen LogP contribution in [0.15, 0.2) is 41.4 Å². The van der Waals surface area contributed by atoms with E-state index in [1.54, 1.807) is 31.2 Å². The topological polar surface area (TPSA) is 59.5 Å². The van der Waals surface area contributed by atoms with Crippen molar-refractivity contribution < 1.29 is 13.2 Å². The molecule has 1 heterocycles. The molecule has 0 N–H and O–H groups in total. The van der Waals surface area contributed by atoms with E-state index in [0.717, 1.165) is 4.31 Å². The lowest BCUT2D eigenvalue weighted by atomic mass is 10.2. The Morgan fingerprint density at radius 1 is 1.24 bits per heavy atom. The van der Waals surface area contributed by atoms with Crippen LogP contribution in [0.3, 0.4) is 0 Å². The minimum Gasteiger partial charge on any atom is -0.479 e. The smallest absolute Gasteiger partial charge is 0.264 e. The summed E-state index contributed by atoms with van der Waals surface area (Å²) in [5.74, 6) is 0.239. The first-order valence-corrected chi connectivity index (χ1v) is 7.94. The highest BCUT2D eigenvalue weighted by atomic mass is 35.5. The molecule has 0 fully saturated rings. The SMILES string of the molecule is COc1ncccc1N(C)S(=O)(=O)c1cccc(Cl)c1C. The van der Waals surface area contributed by atoms with Crippen LogP contribution in [-0.4, -0.2) is 27.6 Å². The molecule has 0 aliphatic heterocycles. The molecule has 112 valence electrons. The van der Waals surface area contributed by atoms with Gasteiger partial charge in [0, 0.05) is 18.3 Å². The van der Waals surface area contributed by atoms with Crippen LogP contribution < -0.4 is 9.04 Å². The Morgan fingerprint density at radius 3 is 2.62 bits per heavy atom. The molecule has 0 saturated carbocycles. The van der Waals surface area contributed by atoms with Gasteiger partial charge in [0.1, 0.15) is 5.69 Å². The Labute approximate surface area is 129 Å². The number of ether oxygens (including phenoxy) is 1. The van der Waals surface area contributed by atoms with Crippen molar-refractivity contribution in [2.24, 2.45) is 0 Å². The number of halogens is 1. The molecular formula is C14H15ClN2O3S. The summed E-state index contributed by atoms with van der Waals surface area (Å²) in [6, 6.07) is 8.06. The number of nitrogens with zero attached hydrogens (tertiary/aromatic N) is 2. The fourth-order valence-electron chi connectivity index (χ4n) is 1.92. The molecule has 5 nitrogen and oxygen atoms in total. The Kier molecular flexibility index (Phi) is 4.39. The van der Waals surface area contributed by atoms with Crippen molar-refractivity contribution in [1.29, 1.82) is 0 Å². The van der Waals surface area contributed by atoms with E-state index in [9.17, 15) is 8.42 Å². The predicted molar refractivity (Wildman–Crippen MR) is 82.6 cm³/mol. The highest BCUT2D eigenvalue weighted by Gasteiger charge is 2.26. The highest BCUT2D eigenvalue weighted by molar-refractivity contribution is 7.92. The summed E-state index contributed by atoms with van der Waals surface area (Å²) in [6.07, 6.45) is 1.54. The van der Waals surface area contributed by atoms with Crippen molar-refractivity contribution in [3.63, 3.8) is 0 Å². The van der Waals surface area contributed by atoms with Gasteiger partial charge in [0.2, 0.25) is 5.88 Å². The van der Waals surface area contributed by atoms with Crippen LogP contribution in [0.4, 0.5) is 5.69 Å². The van der Waals surface area contributed by atoms with E-state index in [0.29, 0.717) is 16.3 Å². The summed E-state index contributed by atoms with van der Waals surface area (Å²) >= 11 is 6.01. The zero-order valence-electron chi connectivity index (χ0n) is 11.9. The second-order valence-electron chi connectivity index (χ2n) is 4.37. The van der Waals surface area contributed by atoms with Crippen LogP contribution in [0, 0.1) is 6.92 Å². The molecule has 1 aromatic carbocycles. The van der Waals surface area contributed by atoms with Crippen LogP contribution in [-0.2, 0) is 10.0 Å². The van der Waals surface area contributed by atoms with Crippen LogP contribution in [0.2, 0.25) is 5.02 Å². The number of methoxy groups -OCH3 is 1. The number of anilines is 1. The standard InChI is InChI=1S/C14H15ClN2O3S/c1-10-11(15)6-4-8-13(10)21(18,19)17(2)12-7-5-9-16-14(12)20-3/h4-9H,1-3H3. The summed E-state index contributed by atoms with van der Waals surface area (Å²) in [5.41, 5.74) is 0.869. The van der Waals surface area contributed by atoms with E-state index in [-0.39, 0.29) is 10.8 Å². The first-order valence-electron chi connectivity index (χ1n) is 6.12. The lowest BCUT2D eigenvalue weighted by Gasteiger charge is -2.22. The number of benzene rings is 1. The Bertz CT molecular complexity index is 763. The largest absolute Gasteiger partial charge is 0.479 e. The van der Waals surface area contributed by atoms with Gasteiger partial charge in [-0.05, 0) is 36.8 Å². The second kappa shape index (κ2) is 5.91. The third kappa shape index (κ3) is 2.82. The van der Waals surface area contributed by atoms with Crippen molar-refractivity contribution in [1.82, 2.24) is 4.98 Å². The molecule has 0 radical (unpaired) electrons. The lowest BCUT2D eigenvalue weighted by Crippen LogP contribution is -2.27. The molecule has 0 spiro atoms. The summed E-state index contributed by atoms with van der Waals surface area (Å²) in [6.45, 7) is 1.67. The van der Waals surface area contributed by atoms with Gasteiger partial charge in [0.15, 0.2) is 0 Å². The van der Waals surface area contributed by atoms with Crippen molar-refractivity contribution in [3.05, 3.63) is 47.1 Å². The highest BCUT2D eigenvalue weighted by Crippen LogP contribution is 2.31. The van der Waals surface area contributed by atoms with Gasteiger partial charge in [-0.15, -0.1) is 0 Å². The van der Waals surface area contributed by atoms with Crippen LogP contribution in [0.25, 0.3) is 0 Å². The summed E-state index contributed by atoms with van der Waals surface area (Å²) < 4.78 is 31.8. The molecule has 0 unspecified atom stereocenters. The number of pyridine rings is 1. The molecule has 0 aliphatic carbocycles. The van der Waals surface area contributed by atoms with E-state index in [1.165, 1.54) is 26.4 Å². The maximum absolute atomic E-state index is 12.8. The van der Waals surface area contributed by atoms with Crippen molar-refractivity contribution in [2.45, 2.75) is 11.8 Å². The Hall–Kier alpha value is -1.79. The molecule has 2 aromatic rings. The summed E-state index contributed by atoms with van der Waals surface area (Å²) in [4.78, 5) is 4.17. The lowest BCUT2D eigenvalue weighted by molar-refractivity contribution is 0.399. The molecule has 0 bridgehead atoms. The van der Waals surface area contributed by atoms with Gasteiger partial charge in [0.25, 0.3) is 10.0 Å². The van der Waals surface area contributed by atoms with Gasteiger partial charge in [-0.2, -0.15) is 0 Å². The molecule has 21 heavy (non-hydrogen) atoms. The molecule has 0 atom stereocenters. The fourth-order valence-corrected chi connectivity index (χ4v) is 3.59. The van der Waals surface area contributed by atoms with E-state index in [4.69, 9.17) is 16.3 Å². The number of hydrogen-bond acceptors (Lipinski definition) is 4. The van der Waals surface area contributed by atoms with Gasteiger partial charge in [-0.1, -0.05) is 17.7 Å². The van der Waals surface area contributed by atoms with E-state index >= 15 is 0 Å². The number of sulfonamides is 1. The third-order valence-corrected chi connectivity index (χ3v) is 5.47. The minimum atomic E-state index is -3.75. The first-order chi connectivity index (χ1) is 9.89. The number of aromatic nitrogens is 1. The zero-order chi connectivity index (χ0) is 15.6. The van der Waals surface area contributed by atoms with Gasteiger partial charge < -0.3 is 4.74 Å². The molecule has 0 aliphatic rings. The van der Waals surface area contributed by atoms with Crippen LogP contribution in [0.1, 0.15) is 5.56 Å². The fraction of sp³-hybridized carbons (Fsp3) is 0.214. The maximum Gasteiger partial charge on any atom is 0.264 e. The van der Waals surface area contributed by atoms with Crippen molar-refractivity contribution in [3.8, 4) is 5.88 Å². The summed E-state index contributed by atoms with van der Waals surface area (Å²) in [5, 5.41) is 0.405. The van der Waals surface area contributed by atoms with E-state index in [2.05, 4.69) is 4.98 Å². The maximum atomic E-state index is 12.8. The van der Waals surface area contributed by atoms with E-state index < -0.39 is 10.0 Å². The molecule has 0 amide bonds. The van der Waals surface area contributed by atoms with Gasteiger partial charge >= 0.3 is 0 Å². The predicted octanol–water partition coefficient (Wildman–Crippen LogP) is 2.88. The average Bonchev–Trinajstić information content (AvgIpc) is 2.49. The molecule has 2 rings (SSSR count). The average molecular weight is 327 g/mol. The number of hydrogen-bond donors (Lipinski definition) is 0. The van der Waals surface area contributed by atoms with Crippen molar-refractivity contribution in [2.75, 3.05) is 18.5 Å². The summed E-state index contributed by atoms with van der Waals surface area (Å²) in [7, 11) is -0.854. The van der Waals surface area contributed by atoms with Gasteiger partial charge in [-0.3, -0.25) is 4.31 Å². The normalized spacial score (nSPS) is 11.2. The Balaban J connectivity index is 2.56. The number of rotatable bonds is 4. The van der Waals surface area contributed by atoms with Crippen molar-refractivity contribution >= 4 is 27.3 Å². The zero-order valence-corrected chi connectivity index (χ0v) is 13.4. The monoisotopic (exact) mass is 326 g/mol.